The molecule has 0 unspecified atom stereocenters. The Kier molecular flexibility index (Phi) is 4.61. The second-order valence-electron chi connectivity index (χ2n) is 4.36. The predicted octanol–water partition coefficient (Wildman–Crippen LogP) is 2.48. The first-order chi connectivity index (χ1) is 9.15. The molecule has 0 amide bonds. The van der Waals surface area contributed by atoms with Crippen LogP contribution in [-0.4, -0.2) is 14.8 Å². The lowest BCUT2D eigenvalue weighted by atomic mass is 10.3. The van der Waals surface area contributed by atoms with Gasteiger partial charge < -0.3 is 9.73 Å². The molecule has 5 nitrogen and oxygen atoms in total. The Morgan fingerprint density at radius 2 is 2.11 bits per heavy atom. The number of aryl methyl sites for hydroxylation is 3. The summed E-state index contributed by atoms with van der Waals surface area (Å²) in [4.78, 5) is 4.20. The third kappa shape index (κ3) is 3.16. The third-order valence-corrected chi connectivity index (χ3v) is 3.46. The van der Waals surface area contributed by atoms with Crippen LogP contribution in [0.1, 0.15) is 36.9 Å². The lowest BCUT2D eigenvalue weighted by Gasteiger charge is -2.03. The third-order valence-electron chi connectivity index (χ3n) is 3.02. The van der Waals surface area contributed by atoms with Crippen molar-refractivity contribution in [2.75, 3.05) is 0 Å². The van der Waals surface area contributed by atoms with E-state index in [-0.39, 0.29) is 0 Å². The Morgan fingerprint density at radius 3 is 2.68 bits per heavy atom. The van der Waals surface area contributed by atoms with E-state index in [4.69, 9.17) is 16.0 Å². The highest BCUT2D eigenvalue weighted by Gasteiger charge is 2.12. The molecule has 0 atom stereocenters. The van der Waals surface area contributed by atoms with Gasteiger partial charge in [0.25, 0.3) is 0 Å². The second kappa shape index (κ2) is 6.21. The maximum absolute atomic E-state index is 6.28. The molecule has 2 aromatic rings. The number of oxazole rings is 1. The fourth-order valence-electron chi connectivity index (χ4n) is 1.89. The van der Waals surface area contributed by atoms with Crippen molar-refractivity contribution in [2.45, 2.75) is 39.8 Å². The number of halogens is 1. The van der Waals surface area contributed by atoms with E-state index >= 15 is 0 Å². The molecular weight excluding hydrogens is 264 g/mol. The van der Waals surface area contributed by atoms with E-state index in [1.54, 1.807) is 6.20 Å². The van der Waals surface area contributed by atoms with Crippen molar-refractivity contribution < 1.29 is 4.42 Å². The summed E-state index contributed by atoms with van der Waals surface area (Å²) in [6.45, 7) is 5.32. The highest BCUT2D eigenvalue weighted by molar-refractivity contribution is 6.31. The van der Waals surface area contributed by atoms with E-state index in [2.05, 4.69) is 15.4 Å². The monoisotopic (exact) mass is 282 g/mol. The highest BCUT2D eigenvalue weighted by Crippen LogP contribution is 2.20. The number of nitrogens with one attached hydrogen (secondary N) is 1. The summed E-state index contributed by atoms with van der Waals surface area (Å²) in [7, 11) is 1.91. The molecule has 0 aromatic carbocycles. The van der Waals surface area contributed by atoms with Gasteiger partial charge in [-0.3, -0.25) is 4.68 Å². The summed E-state index contributed by atoms with van der Waals surface area (Å²) in [6, 6.07) is 0. The van der Waals surface area contributed by atoms with Crippen LogP contribution < -0.4 is 5.32 Å². The van der Waals surface area contributed by atoms with Crippen molar-refractivity contribution >= 4 is 11.6 Å². The largest absolute Gasteiger partial charge is 0.444 e. The van der Waals surface area contributed by atoms with Gasteiger partial charge >= 0.3 is 0 Å². The molecule has 0 bridgehead atoms. The zero-order valence-corrected chi connectivity index (χ0v) is 12.3. The van der Waals surface area contributed by atoms with Gasteiger partial charge in [0.2, 0.25) is 5.89 Å². The summed E-state index contributed by atoms with van der Waals surface area (Å²) in [5, 5.41) is 8.40. The quantitative estimate of drug-likeness (QED) is 0.884. The highest BCUT2D eigenvalue weighted by atomic mass is 35.5. The molecule has 6 heteroatoms. The molecule has 0 saturated heterocycles. The first kappa shape index (κ1) is 14.1. The lowest BCUT2D eigenvalue weighted by Crippen LogP contribution is -2.15. The van der Waals surface area contributed by atoms with Gasteiger partial charge in [0.1, 0.15) is 5.76 Å². The lowest BCUT2D eigenvalue weighted by molar-refractivity contribution is 0.436. The maximum atomic E-state index is 6.28. The molecule has 104 valence electrons. The molecule has 1 N–H and O–H groups in total. The van der Waals surface area contributed by atoms with Crippen LogP contribution in [0.2, 0.25) is 5.02 Å². The van der Waals surface area contributed by atoms with Gasteiger partial charge in [0, 0.05) is 20.0 Å². The molecule has 2 rings (SSSR count). The van der Waals surface area contributed by atoms with Crippen molar-refractivity contribution in [1.29, 1.82) is 0 Å². The van der Waals surface area contributed by atoms with Crippen LogP contribution in [0.3, 0.4) is 0 Å². The Hall–Kier alpha value is -1.33. The van der Waals surface area contributed by atoms with Crippen LogP contribution in [0.5, 0.6) is 0 Å². The molecule has 0 fully saturated rings. The average molecular weight is 283 g/mol. The minimum absolute atomic E-state index is 0.586. The minimum atomic E-state index is 0.586. The van der Waals surface area contributed by atoms with Crippen molar-refractivity contribution in [1.82, 2.24) is 20.1 Å². The first-order valence-corrected chi connectivity index (χ1v) is 6.88. The summed E-state index contributed by atoms with van der Waals surface area (Å²) >= 11 is 6.28. The smallest absolute Gasteiger partial charge is 0.208 e. The van der Waals surface area contributed by atoms with Gasteiger partial charge in [-0.25, -0.2) is 4.98 Å². The fraction of sp³-hybridized carbons (Fsp3) is 0.538. The van der Waals surface area contributed by atoms with Gasteiger partial charge in [0.05, 0.1) is 29.2 Å². The maximum Gasteiger partial charge on any atom is 0.208 e. The van der Waals surface area contributed by atoms with Crippen molar-refractivity contribution in [3.8, 4) is 0 Å². The Labute approximate surface area is 118 Å². The zero-order valence-electron chi connectivity index (χ0n) is 11.5. The summed E-state index contributed by atoms with van der Waals surface area (Å²) in [6.07, 6.45) is 3.47. The van der Waals surface area contributed by atoms with Crippen molar-refractivity contribution in [3.63, 3.8) is 0 Å². The van der Waals surface area contributed by atoms with Gasteiger partial charge in [0.15, 0.2) is 0 Å². The van der Waals surface area contributed by atoms with Crippen LogP contribution in [0.25, 0.3) is 0 Å². The summed E-state index contributed by atoms with van der Waals surface area (Å²) < 4.78 is 7.35. The molecule has 2 aromatic heterocycles. The van der Waals surface area contributed by atoms with E-state index in [1.807, 2.05) is 25.6 Å². The van der Waals surface area contributed by atoms with Crippen molar-refractivity contribution in [2.24, 2.45) is 7.05 Å². The number of nitrogens with zero attached hydrogens (tertiary/aromatic N) is 3. The first-order valence-electron chi connectivity index (χ1n) is 6.50. The molecule has 2 heterocycles. The molecule has 0 radical (unpaired) electrons. The zero-order chi connectivity index (χ0) is 13.8. The number of hydrogen-bond acceptors (Lipinski definition) is 4. The summed E-state index contributed by atoms with van der Waals surface area (Å²) in [5.74, 6) is 1.61. The minimum Gasteiger partial charge on any atom is -0.444 e. The van der Waals surface area contributed by atoms with E-state index < -0.39 is 0 Å². The van der Waals surface area contributed by atoms with E-state index in [0.29, 0.717) is 19.0 Å². The van der Waals surface area contributed by atoms with Gasteiger partial charge in [-0.05, 0) is 6.42 Å². The van der Waals surface area contributed by atoms with Gasteiger partial charge in [-0.1, -0.05) is 25.4 Å². The molecule has 19 heavy (non-hydrogen) atoms. The van der Waals surface area contributed by atoms with Crippen LogP contribution in [0, 0.1) is 0 Å². The van der Waals surface area contributed by atoms with Crippen LogP contribution >= 0.6 is 11.6 Å². The normalized spacial score (nSPS) is 11.2. The van der Waals surface area contributed by atoms with E-state index in [1.165, 1.54) is 0 Å². The van der Waals surface area contributed by atoms with Gasteiger partial charge in [-0.2, -0.15) is 5.10 Å². The second-order valence-corrected chi connectivity index (χ2v) is 4.74. The van der Waals surface area contributed by atoms with Crippen LogP contribution in [-0.2, 0) is 33.0 Å². The van der Waals surface area contributed by atoms with E-state index in [0.717, 1.165) is 35.0 Å². The Balaban J connectivity index is 1.94. The molecule has 0 saturated carbocycles. The van der Waals surface area contributed by atoms with Crippen LogP contribution in [0.4, 0.5) is 0 Å². The van der Waals surface area contributed by atoms with Crippen molar-refractivity contribution in [3.05, 3.63) is 34.3 Å². The Bertz CT molecular complexity index is 547. The molecule has 0 spiro atoms. The average Bonchev–Trinajstić information content (AvgIpc) is 2.97. The molecule has 0 aliphatic carbocycles. The topological polar surface area (TPSA) is 55.9 Å². The predicted molar refractivity (Wildman–Crippen MR) is 74.0 cm³/mol. The fourth-order valence-corrected chi connectivity index (χ4v) is 2.25. The number of aromatic nitrogens is 3. The summed E-state index contributed by atoms with van der Waals surface area (Å²) in [5.41, 5.74) is 1.92. The molecule has 0 aliphatic heterocycles. The standard InChI is InChI=1S/C13H19ClN4O/c1-4-9-6-16-12(19-9)8-15-7-11-13(14)10(5-2)17-18(11)3/h6,15H,4-5,7-8H2,1-3H3. The van der Waals surface area contributed by atoms with E-state index in [9.17, 15) is 0 Å². The Morgan fingerprint density at radius 1 is 1.32 bits per heavy atom. The molecular formula is C13H19ClN4O. The van der Waals surface area contributed by atoms with Gasteiger partial charge in [-0.15, -0.1) is 0 Å². The number of rotatable bonds is 6. The molecule has 0 aliphatic rings. The number of hydrogen-bond donors (Lipinski definition) is 1. The van der Waals surface area contributed by atoms with Crippen LogP contribution in [0.15, 0.2) is 10.6 Å². The SMILES string of the molecule is CCc1cnc(CNCc2c(Cl)c(CC)nn2C)o1.